The van der Waals surface area contributed by atoms with Crippen molar-refractivity contribution >= 4 is 64.7 Å². The molecule has 0 bridgehead atoms. The van der Waals surface area contributed by atoms with Gasteiger partial charge in [0.25, 0.3) is 11.8 Å². The molecule has 3 rings (SSSR count). The maximum absolute atomic E-state index is 12.7. The van der Waals surface area contributed by atoms with Gasteiger partial charge in [-0.3, -0.25) is 19.8 Å². The standard InChI is InChI=1S/C23H19ClN2O6S.C2H2O4/c1-3-7-26-21(28)16(20(27)25-23(26)33)9-14-10-17(24)19(18(11-14)31-2)32-12-13-5-4-6-15(8-13)22(29)30;3-1(4)2(5)6/h3-6,8-11H,1,7,12H2,2H3,(H,29,30)(H,25,27,33);(H,3,4)(H,5,6)/b16-9+;. The fraction of sp³-hybridized carbons (Fsp3) is 0.120. The van der Waals surface area contributed by atoms with Crippen LogP contribution < -0.4 is 14.8 Å². The summed E-state index contributed by atoms with van der Waals surface area (Å²) in [6.07, 6.45) is 2.88. The zero-order valence-corrected chi connectivity index (χ0v) is 21.7. The van der Waals surface area contributed by atoms with Crippen molar-refractivity contribution in [1.82, 2.24) is 10.2 Å². The van der Waals surface area contributed by atoms with Crippen molar-refractivity contribution < 1.29 is 48.8 Å². The fourth-order valence-corrected chi connectivity index (χ4v) is 3.59. The van der Waals surface area contributed by atoms with Gasteiger partial charge in [-0.1, -0.05) is 29.8 Å². The van der Waals surface area contributed by atoms with E-state index in [0.29, 0.717) is 11.1 Å². The molecule has 14 heteroatoms. The summed E-state index contributed by atoms with van der Waals surface area (Å²) in [7, 11) is 1.42. The van der Waals surface area contributed by atoms with Gasteiger partial charge in [0.2, 0.25) is 0 Å². The molecular formula is C25H21ClN2O10S. The van der Waals surface area contributed by atoms with Crippen molar-refractivity contribution in [2.24, 2.45) is 0 Å². The highest BCUT2D eigenvalue weighted by Crippen LogP contribution is 2.37. The molecule has 0 radical (unpaired) electrons. The third-order valence-corrected chi connectivity index (χ3v) is 5.40. The second-order valence-corrected chi connectivity index (χ2v) is 8.25. The first-order valence-electron chi connectivity index (χ1n) is 10.7. The molecule has 0 aromatic heterocycles. The van der Waals surface area contributed by atoms with Crippen molar-refractivity contribution in [3.8, 4) is 11.5 Å². The van der Waals surface area contributed by atoms with E-state index in [1.807, 2.05) is 0 Å². The lowest BCUT2D eigenvalue weighted by Gasteiger charge is -2.27. The number of thiocarbonyl (C=S) groups is 1. The second-order valence-electron chi connectivity index (χ2n) is 7.46. The van der Waals surface area contributed by atoms with Crippen LogP contribution in [0.3, 0.4) is 0 Å². The Morgan fingerprint density at radius 1 is 1.13 bits per heavy atom. The van der Waals surface area contributed by atoms with Crippen LogP contribution in [0.4, 0.5) is 0 Å². The van der Waals surface area contributed by atoms with Gasteiger partial charge >= 0.3 is 17.9 Å². The number of hydrogen-bond acceptors (Lipinski definition) is 8. The molecule has 0 aliphatic carbocycles. The highest BCUT2D eigenvalue weighted by Gasteiger charge is 2.32. The Labute approximate surface area is 231 Å². The summed E-state index contributed by atoms with van der Waals surface area (Å²) in [5, 5.41) is 26.6. The molecular weight excluding hydrogens is 556 g/mol. The number of nitrogens with zero attached hydrogens (tertiary/aromatic N) is 1. The van der Waals surface area contributed by atoms with E-state index in [1.165, 1.54) is 42.4 Å². The Morgan fingerprint density at radius 3 is 2.36 bits per heavy atom. The first-order valence-corrected chi connectivity index (χ1v) is 11.5. The minimum atomic E-state index is -1.82. The van der Waals surface area contributed by atoms with Gasteiger partial charge in [0.05, 0.1) is 17.7 Å². The molecule has 1 fully saturated rings. The maximum atomic E-state index is 12.7. The largest absolute Gasteiger partial charge is 0.493 e. The maximum Gasteiger partial charge on any atom is 0.414 e. The third-order valence-electron chi connectivity index (χ3n) is 4.80. The van der Waals surface area contributed by atoms with Crippen molar-refractivity contribution in [3.05, 3.63) is 76.3 Å². The Kier molecular flexibility index (Phi) is 10.7. The van der Waals surface area contributed by atoms with Gasteiger partial charge in [0, 0.05) is 6.54 Å². The van der Waals surface area contributed by atoms with Gasteiger partial charge in [-0.05, 0) is 53.7 Å². The first kappa shape index (κ1) is 30.5. The van der Waals surface area contributed by atoms with E-state index >= 15 is 0 Å². The molecule has 2 amide bonds. The molecule has 12 nitrogen and oxygen atoms in total. The molecule has 2 aromatic rings. The van der Waals surface area contributed by atoms with Crippen molar-refractivity contribution in [3.63, 3.8) is 0 Å². The normalized spacial score (nSPS) is 13.6. The van der Waals surface area contributed by atoms with Crippen molar-refractivity contribution in [2.45, 2.75) is 6.61 Å². The zero-order chi connectivity index (χ0) is 29.3. The van der Waals surface area contributed by atoms with Crippen LogP contribution in [0.15, 0.2) is 54.6 Å². The number of aromatic carboxylic acids is 1. The van der Waals surface area contributed by atoms with E-state index in [4.69, 9.17) is 58.2 Å². The van der Waals surface area contributed by atoms with E-state index in [-0.39, 0.29) is 45.9 Å². The average Bonchev–Trinajstić information content (AvgIpc) is 2.88. The summed E-state index contributed by atoms with van der Waals surface area (Å²) >= 11 is 11.4. The quantitative estimate of drug-likeness (QED) is 0.119. The monoisotopic (exact) mass is 576 g/mol. The molecule has 1 aliphatic rings. The summed E-state index contributed by atoms with van der Waals surface area (Å²) in [6, 6.07) is 9.39. The Bertz CT molecular complexity index is 1380. The second kappa shape index (κ2) is 13.7. The third kappa shape index (κ3) is 8.12. The fourth-order valence-electron chi connectivity index (χ4n) is 3.07. The van der Waals surface area contributed by atoms with E-state index < -0.39 is 29.7 Å². The van der Waals surface area contributed by atoms with Gasteiger partial charge in [-0.2, -0.15) is 0 Å². The predicted molar refractivity (Wildman–Crippen MR) is 142 cm³/mol. The predicted octanol–water partition coefficient (Wildman–Crippen LogP) is 2.59. The summed E-state index contributed by atoms with van der Waals surface area (Å²) in [5.74, 6) is -5.37. The number of hydrogen-bond donors (Lipinski definition) is 4. The molecule has 0 atom stereocenters. The number of carboxylic acids is 3. The number of methoxy groups -OCH3 is 1. The zero-order valence-electron chi connectivity index (χ0n) is 20.2. The van der Waals surface area contributed by atoms with Crippen LogP contribution in [-0.2, 0) is 25.8 Å². The number of amides is 2. The van der Waals surface area contributed by atoms with E-state index in [1.54, 1.807) is 18.2 Å². The average molecular weight is 577 g/mol. The van der Waals surface area contributed by atoms with Crippen LogP contribution in [0.2, 0.25) is 5.02 Å². The number of carbonyl (C=O) groups excluding carboxylic acids is 2. The lowest BCUT2D eigenvalue weighted by Crippen LogP contribution is -2.53. The number of aliphatic carboxylic acids is 2. The number of benzene rings is 2. The van der Waals surface area contributed by atoms with Crippen LogP contribution in [0.5, 0.6) is 11.5 Å². The number of halogens is 1. The summed E-state index contributed by atoms with van der Waals surface area (Å²) in [5.41, 5.74) is 1.07. The smallest absolute Gasteiger partial charge is 0.414 e. The van der Waals surface area contributed by atoms with Crippen LogP contribution in [0, 0.1) is 0 Å². The first-order chi connectivity index (χ1) is 18.4. The lowest BCUT2D eigenvalue weighted by atomic mass is 10.1. The number of carboxylic acid groups (broad SMARTS) is 3. The topological polar surface area (TPSA) is 180 Å². The highest BCUT2D eigenvalue weighted by atomic mass is 35.5. The van der Waals surface area contributed by atoms with E-state index in [9.17, 15) is 14.4 Å². The molecule has 1 aliphatic heterocycles. The summed E-state index contributed by atoms with van der Waals surface area (Å²) < 4.78 is 11.2. The molecule has 204 valence electrons. The van der Waals surface area contributed by atoms with Gasteiger partial charge in [-0.15, -0.1) is 6.58 Å². The van der Waals surface area contributed by atoms with Gasteiger partial charge < -0.3 is 24.8 Å². The molecule has 0 saturated carbocycles. The molecule has 1 saturated heterocycles. The molecule has 2 aromatic carbocycles. The number of rotatable bonds is 8. The SMILES string of the molecule is C=CCN1C(=O)/C(=C/c2cc(Cl)c(OCc3cccc(C(=O)O)c3)c(OC)c2)C(=O)NC1=S.O=C(O)C(=O)O. The van der Waals surface area contributed by atoms with Crippen molar-refractivity contribution in [2.75, 3.05) is 13.7 Å². The van der Waals surface area contributed by atoms with Gasteiger partial charge in [0.1, 0.15) is 12.2 Å². The van der Waals surface area contributed by atoms with E-state index in [0.717, 1.165) is 0 Å². The van der Waals surface area contributed by atoms with Crippen LogP contribution in [0.25, 0.3) is 6.08 Å². The number of nitrogens with one attached hydrogen (secondary N) is 1. The van der Waals surface area contributed by atoms with Gasteiger partial charge in [-0.25, -0.2) is 14.4 Å². The minimum absolute atomic E-state index is 0.00776. The number of ether oxygens (including phenoxy) is 2. The molecule has 4 N–H and O–H groups in total. The van der Waals surface area contributed by atoms with Gasteiger partial charge in [0.15, 0.2) is 16.6 Å². The molecule has 39 heavy (non-hydrogen) atoms. The van der Waals surface area contributed by atoms with Crippen LogP contribution >= 0.6 is 23.8 Å². The van der Waals surface area contributed by atoms with Crippen molar-refractivity contribution in [1.29, 1.82) is 0 Å². The lowest BCUT2D eigenvalue weighted by molar-refractivity contribution is -0.159. The highest BCUT2D eigenvalue weighted by molar-refractivity contribution is 7.80. The van der Waals surface area contributed by atoms with E-state index in [2.05, 4.69) is 11.9 Å². The van der Waals surface area contributed by atoms with Crippen LogP contribution in [-0.4, -0.2) is 68.7 Å². The minimum Gasteiger partial charge on any atom is -0.493 e. The molecule has 0 unspecified atom stereocenters. The molecule has 0 spiro atoms. The Balaban J connectivity index is 0.000000798. The Hall–Kier alpha value is -4.75. The molecule has 1 heterocycles. The summed E-state index contributed by atoms with van der Waals surface area (Å²) in [4.78, 5) is 55.6. The summed E-state index contributed by atoms with van der Waals surface area (Å²) in [6.45, 7) is 3.78. The Morgan fingerprint density at radius 2 is 1.79 bits per heavy atom. The number of carbonyl (C=O) groups is 5. The van der Waals surface area contributed by atoms with Crippen LogP contribution in [0.1, 0.15) is 21.5 Å².